The molecular weight excluding hydrogens is 192 g/mol. The molecule has 0 aromatic carbocycles. The monoisotopic (exact) mass is 208 g/mol. The number of nitrogens with one attached hydrogen (secondary N) is 1. The lowest BCUT2D eigenvalue weighted by atomic mass is 10.1. The lowest BCUT2D eigenvalue weighted by molar-refractivity contribution is -0.124. The van der Waals surface area contributed by atoms with E-state index in [1.807, 2.05) is 13.0 Å². The van der Waals surface area contributed by atoms with Gasteiger partial charge in [0, 0.05) is 6.54 Å². The van der Waals surface area contributed by atoms with Gasteiger partial charge in [0.25, 0.3) is 0 Å². The molecule has 82 valence electrons. The predicted octanol–water partition coefficient (Wildman–Crippen LogP) is 0.999. The van der Waals surface area contributed by atoms with Crippen molar-refractivity contribution >= 4 is 5.91 Å². The Morgan fingerprint density at radius 1 is 1.67 bits per heavy atom. The number of carbonyl (C=O) groups is 1. The summed E-state index contributed by atoms with van der Waals surface area (Å²) in [4.78, 5) is 11.4. The largest absolute Gasteiger partial charge is 0.375 e. The molecule has 0 aromatic rings. The maximum absolute atomic E-state index is 11.4. The van der Waals surface area contributed by atoms with Crippen LogP contribution in [-0.4, -0.2) is 25.7 Å². The molecule has 0 aromatic heterocycles. The van der Waals surface area contributed by atoms with Gasteiger partial charge in [0.15, 0.2) is 0 Å². The zero-order chi connectivity index (χ0) is 11.3. The molecule has 1 N–H and O–H groups in total. The number of amides is 1. The zero-order valence-electron chi connectivity index (χ0n) is 9.01. The third kappa shape index (κ3) is 3.37. The van der Waals surface area contributed by atoms with Gasteiger partial charge in [-0.1, -0.05) is 12.2 Å². The molecule has 1 amide bonds. The Balaban J connectivity index is 2.09. The Morgan fingerprint density at radius 3 is 2.80 bits per heavy atom. The Kier molecular flexibility index (Phi) is 3.87. The fraction of sp³-hybridized carbons (Fsp3) is 0.636. The third-order valence-electron chi connectivity index (χ3n) is 2.28. The number of carbonyl (C=O) groups excluding carboxylic acids is 1. The molecule has 1 fully saturated rings. The zero-order valence-corrected chi connectivity index (χ0v) is 9.01. The van der Waals surface area contributed by atoms with Crippen LogP contribution in [0.25, 0.3) is 0 Å². The van der Waals surface area contributed by atoms with E-state index >= 15 is 0 Å². The topological polar surface area (TPSA) is 62.1 Å². The van der Waals surface area contributed by atoms with Gasteiger partial charge >= 0.3 is 0 Å². The van der Waals surface area contributed by atoms with Gasteiger partial charge in [-0.05, 0) is 19.8 Å². The molecule has 4 nitrogen and oxygen atoms in total. The molecular formula is C11H16N2O2. The number of ether oxygens (including phenoxy) is 1. The average molecular weight is 208 g/mol. The minimum Gasteiger partial charge on any atom is -0.375 e. The van der Waals surface area contributed by atoms with Gasteiger partial charge < -0.3 is 10.1 Å². The molecule has 0 unspecified atom stereocenters. The van der Waals surface area contributed by atoms with Crippen LogP contribution in [0.5, 0.6) is 0 Å². The van der Waals surface area contributed by atoms with Crippen molar-refractivity contribution in [3.05, 3.63) is 12.2 Å². The average Bonchev–Trinajstić information content (AvgIpc) is 2.97. The van der Waals surface area contributed by atoms with Crippen LogP contribution in [0.4, 0.5) is 0 Å². The van der Waals surface area contributed by atoms with Gasteiger partial charge in [0.1, 0.15) is 5.41 Å². The quantitative estimate of drug-likeness (QED) is 0.523. The summed E-state index contributed by atoms with van der Waals surface area (Å²) in [7, 11) is 0. The first kappa shape index (κ1) is 11.7. The van der Waals surface area contributed by atoms with Gasteiger partial charge in [0.2, 0.25) is 5.91 Å². The van der Waals surface area contributed by atoms with E-state index in [0.717, 1.165) is 5.57 Å². The summed E-state index contributed by atoms with van der Waals surface area (Å²) in [6.45, 7) is 7.00. The summed E-state index contributed by atoms with van der Waals surface area (Å²) in [5.41, 5.74) is 0.228. The van der Waals surface area contributed by atoms with Crippen LogP contribution in [0.1, 0.15) is 19.8 Å². The van der Waals surface area contributed by atoms with Gasteiger partial charge in [-0.2, -0.15) is 5.26 Å². The third-order valence-corrected chi connectivity index (χ3v) is 2.28. The molecule has 0 bridgehead atoms. The molecule has 0 radical (unpaired) electrons. The number of nitriles is 1. The van der Waals surface area contributed by atoms with Crippen molar-refractivity contribution in [2.24, 2.45) is 5.41 Å². The lowest BCUT2D eigenvalue weighted by Gasteiger charge is -2.08. The van der Waals surface area contributed by atoms with E-state index in [2.05, 4.69) is 11.9 Å². The van der Waals surface area contributed by atoms with Gasteiger partial charge in [0.05, 0.1) is 19.3 Å². The molecule has 1 saturated carbocycles. The molecule has 1 aliphatic carbocycles. The second kappa shape index (κ2) is 4.94. The number of hydrogen-bond donors (Lipinski definition) is 1. The second-order valence-corrected chi connectivity index (χ2v) is 3.96. The summed E-state index contributed by atoms with van der Waals surface area (Å²) >= 11 is 0. The highest BCUT2D eigenvalue weighted by atomic mass is 16.5. The highest BCUT2D eigenvalue weighted by molar-refractivity contribution is 5.88. The Bertz CT molecular complexity index is 300. The molecule has 0 aliphatic heterocycles. The molecule has 4 heteroatoms. The minimum absolute atomic E-state index is 0.163. The standard InChI is InChI=1S/C11H16N2O2/c1-9(2)7-15-6-5-13-10(14)11(8-12)3-4-11/h1,3-7H2,2H3,(H,13,14). The first-order chi connectivity index (χ1) is 7.10. The van der Waals surface area contributed by atoms with Crippen molar-refractivity contribution in [2.75, 3.05) is 19.8 Å². The Labute approximate surface area is 89.9 Å². The van der Waals surface area contributed by atoms with Crippen LogP contribution >= 0.6 is 0 Å². The molecule has 0 saturated heterocycles. The van der Waals surface area contributed by atoms with Crippen molar-refractivity contribution in [2.45, 2.75) is 19.8 Å². The van der Waals surface area contributed by atoms with E-state index in [4.69, 9.17) is 10.00 Å². The molecule has 1 aliphatic rings. The minimum atomic E-state index is -0.728. The van der Waals surface area contributed by atoms with Crippen molar-refractivity contribution in [1.29, 1.82) is 5.26 Å². The van der Waals surface area contributed by atoms with Crippen molar-refractivity contribution in [3.8, 4) is 6.07 Å². The van der Waals surface area contributed by atoms with Crippen molar-refractivity contribution in [3.63, 3.8) is 0 Å². The fourth-order valence-electron chi connectivity index (χ4n) is 1.17. The normalized spacial score (nSPS) is 16.5. The van der Waals surface area contributed by atoms with Crippen molar-refractivity contribution in [1.82, 2.24) is 5.32 Å². The summed E-state index contributed by atoms with van der Waals surface area (Å²) in [6.07, 6.45) is 1.36. The summed E-state index contributed by atoms with van der Waals surface area (Å²) in [6, 6.07) is 2.04. The number of nitrogens with zero attached hydrogens (tertiary/aromatic N) is 1. The summed E-state index contributed by atoms with van der Waals surface area (Å²) in [5, 5.41) is 11.4. The maximum Gasteiger partial charge on any atom is 0.240 e. The maximum atomic E-state index is 11.4. The van der Waals surface area contributed by atoms with E-state index in [1.54, 1.807) is 0 Å². The van der Waals surface area contributed by atoms with Crippen LogP contribution < -0.4 is 5.32 Å². The van der Waals surface area contributed by atoms with Crippen LogP contribution in [0.15, 0.2) is 12.2 Å². The van der Waals surface area contributed by atoms with Gasteiger partial charge in [-0.15, -0.1) is 0 Å². The fourth-order valence-corrected chi connectivity index (χ4v) is 1.17. The Morgan fingerprint density at radius 2 is 2.33 bits per heavy atom. The molecule has 15 heavy (non-hydrogen) atoms. The SMILES string of the molecule is C=C(C)COCCNC(=O)C1(C#N)CC1. The van der Waals surface area contributed by atoms with E-state index in [-0.39, 0.29) is 5.91 Å². The Hall–Kier alpha value is -1.34. The lowest BCUT2D eigenvalue weighted by Crippen LogP contribution is -2.33. The molecule has 0 atom stereocenters. The molecule has 0 spiro atoms. The van der Waals surface area contributed by atoms with Crippen molar-refractivity contribution < 1.29 is 9.53 Å². The van der Waals surface area contributed by atoms with Crippen LogP contribution in [0.2, 0.25) is 0 Å². The molecule has 0 heterocycles. The van der Waals surface area contributed by atoms with Gasteiger partial charge in [-0.25, -0.2) is 0 Å². The summed E-state index contributed by atoms with van der Waals surface area (Å²) in [5.74, 6) is -0.163. The first-order valence-electron chi connectivity index (χ1n) is 5.02. The van der Waals surface area contributed by atoms with E-state index in [1.165, 1.54) is 0 Å². The van der Waals surface area contributed by atoms with Crippen LogP contribution in [0.3, 0.4) is 0 Å². The van der Waals surface area contributed by atoms with Gasteiger partial charge in [-0.3, -0.25) is 4.79 Å². The molecule has 1 rings (SSSR count). The number of rotatable bonds is 6. The summed E-state index contributed by atoms with van der Waals surface area (Å²) < 4.78 is 5.22. The van der Waals surface area contributed by atoms with E-state index < -0.39 is 5.41 Å². The van der Waals surface area contributed by atoms with E-state index in [9.17, 15) is 4.79 Å². The van der Waals surface area contributed by atoms with E-state index in [0.29, 0.717) is 32.6 Å². The predicted molar refractivity (Wildman–Crippen MR) is 55.9 cm³/mol. The second-order valence-electron chi connectivity index (χ2n) is 3.96. The highest BCUT2D eigenvalue weighted by Gasteiger charge is 2.50. The van der Waals surface area contributed by atoms with Crippen LogP contribution in [0, 0.1) is 16.7 Å². The smallest absolute Gasteiger partial charge is 0.240 e. The number of hydrogen-bond acceptors (Lipinski definition) is 3. The highest BCUT2D eigenvalue weighted by Crippen LogP contribution is 2.44. The van der Waals surface area contributed by atoms with Crippen LogP contribution in [-0.2, 0) is 9.53 Å². The first-order valence-corrected chi connectivity index (χ1v) is 5.02.